The van der Waals surface area contributed by atoms with E-state index in [0.717, 1.165) is 0 Å². The smallest absolute Gasteiger partial charge is 0.414 e. The topological polar surface area (TPSA) is 55.3 Å². The van der Waals surface area contributed by atoms with Crippen LogP contribution in [0.25, 0.3) is 0 Å². The van der Waals surface area contributed by atoms with Crippen molar-refractivity contribution >= 4 is 23.4 Å². The first-order chi connectivity index (χ1) is 7.29. The van der Waals surface area contributed by atoms with Crippen molar-refractivity contribution in [3.8, 4) is 0 Å². The van der Waals surface area contributed by atoms with Gasteiger partial charge in [-0.15, -0.1) is 5.10 Å². The van der Waals surface area contributed by atoms with Gasteiger partial charge in [-0.2, -0.15) is 5.10 Å². The van der Waals surface area contributed by atoms with E-state index in [1.165, 1.54) is 11.1 Å². The molecular weight excluding hydrogens is 230 g/mol. The summed E-state index contributed by atoms with van der Waals surface area (Å²) in [5, 5.41) is 7.48. The molecule has 1 heterocycles. The summed E-state index contributed by atoms with van der Waals surface area (Å²) in [5.74, 6) is 0. The number of hydrogen-bond acceptors (Lipinski definition) is 4. The van der Waals surface area contributed by atoms with E-state index < -0.39 is 11.7 Å². The highest BCUT2D eigenvalue weighted by Gasteiger charge is 2.20. The van der Waals surface area contributed by atoms with Gasteiger partial charge in [-0.1, -0.05) is 11.6 Å². The number of amides is 1. The zero-order valence-corrected chi connectivity index (χ0v) is 10.4. The zero-order chi connectivity index (χ0) is 12.3. The minimum absolute atomic E-state index is 0.230. The fourth-order valence-corrected chi connectivity index (χ4v) is 1.11. The minimum atomic E-state index is -0.532. The Hall–Kier alpha value is -1.36. The van der Waals surface area contributed by atoms with Crippen LogP contribution >= 0.6 is 11.6 Å². The van der Waals surface area contributed by atoms with Crippen LogP contribution in [0.15, 0.2) is 12.3 Å². The molecule has 1 aromatic heterocycles. The van der Waals surface area contributed by atoms with Gasteiger partial charge in [0.2, 0.25) is 0 Å². The second kappa shape index (κ2) is 4.65. The molecule has 0 atom stereocenters. The number of anilines is 1. The fourth-order valence-electron chi connectivity index (χ4n) is 0.951. The predicted octanol–water partition coefficient (Wildman–Crippen LogP) is 2.50. The van der Waals surface area contributed by atoms with Gasteiger partial charge in [0, 0.05) is 13.1 Å². The first-order valence-corrected chi connectivity index (χ1v) is 5.12. The maximum Gasteiger partial charge on any atom is 0.414 e. The third-order valence-corrected chi connectivity index (χ3v) is 1.85. The molecule has 0 radical (unpaired) electrons. The number of aromatic nitrogens is 2. The Morgan fingerprint density at radius 3 is 2.62 bits per heavy atom. The van der Waals surface area contributed by atoms with Crippen molar-refractivity contribution in [1.82, 2.24) is 10.2 Å². The minimum Gasteiger partial charge on any atom is -0.443 e. The van der Waals surface area contributed by atoms with E-state index in [-0.39, 0.29) is 5.15 Å². The second-order valence-electron chi connectivity index (χ2n) is 4.28. The van der Waals surface area contributed by atoms with Crippen molar-refractivity contribution in [2.45, 2.75) is 26.4 Å². The highest BCUT2D eigenvalue weighted by atomic mass is 35.5. The molecule has 0 unspecified atom stereocenters. The number of rotatable bonds is 1. The Bertz CT molecular complexity index is 390. The zero-order valence-electron chi connectivity index (χ0n) is 9.69. The standard InChI is InChI=1S/C10H14ClN3O2/c1-10(2,3)16-9(15)14(4)7-5-8(11)13-12-6-7/h5-6H,1-4H3. The van der Waals surface area contributed by atoms with Gasteiger partial charge in [-0.05, 0) is 20.8 Å². The number of nitrogens with zero attached hydrogens (tertiary/aromatic N) is 3. The van der Waals surface area contributed by atoms with E-state index in [2.05, 4.69) is 10.2 Å². The molecular formula is C10H14ClN3O2. The summed E-state index contributed by atoms with van der Waals surface area (Å²) >= 11 is 5.67. The molecule has 0 aliphatic carbocycles. The number of carbonyl (C=O) groups excluding carboxylic acids is 1. The largest absolute Gasteiger partial charge is 0.443 e. The Balaban J connectivity index is 2.78. The summed E-state index contributed by atoms with van der Waals surface area (Å²) < 4.78 is 5.19. The lowest BCUT2D eigenvalue weighted by molar-refractivity contribution is 0.0589. The van der Waals surface area contributed by atoms with E-state index in [9.17, 15) is 4.79 Å². The van der Waals surface area contributed by atoms with Crippen molar-refractivity contribution in [2.75, 3.05) is 11.9 Å². The molecule has 0 bridgehead atoms. The molecule has 0 aliphatic rings. The molecule has 0 fully saturated rings. The third kappa shape index (κ3) is 3.66. The van der Waals surface area contributed by atoms with Gasteiger partial charge in [-0.25, -0.2) is 4.79 Å². The van der Waals surface area contributed by atoms with Crippen LogP contribution < -0.4 is 4.90 Å². The summed E-state index contributed by atoms with van der Waals surface area (Å²) in [5.41, 5.74) is 0.00420. The lowest BCUT2D eigenvalue weighted by Gasteiger charge is -2.24. The van der Waals surface area contributed by atoms with E-state index >= 15 is 0 Å². The molecule has 1 amide bonds. The summed E-state index contributed by atoms with van der Waals surface area (Å²) in [6.45, 7) is 5.41. The van der Waals surface area contributed by atoms with Crippen molar-refractivity contribution in [2.24, 2.45) is 0 Å². The predicted molar refractivity (Wildman–Crippen MR) is 61.7 cm³/mol. The Morgan fingerprint density at radius 1 is 1.50 bits per heavy atom. The monoisotopic (exact) mass is 243 g/mol. The van der Waals surface area contributed by atoms with Crippen LogP contribution in [-0.4, -0.2) is 28.9 Å². The molecule has 6 heteroatoms. The van der Waals surface area contributed by atoms with Crippen LogP contribution in [-0.2, 0) is 4.74 Å². The van der Waals surface area contributed by atoms with Crippen LogP contribution in [0.3, 0.4) is 0 Å². The maximum atomic E-state index is 11.7. The fraction of sp³-hybridized carbons (Fsp3) is 0.500. The molecule has 0 aliphatic heterocycles. The molecule has 1 rings (SSSR count). The Kier molecular flexibility index (Phi) is 3.70. The van der Waals surface area contributed by atoms with Crippen LogP contribution in [0.1, 0.15) is 20.8 Å². The van der Waals surface area contributed by atoms with Crippen molar-refractivity contribution in [1.29, 1.82) is 0 Å². The lowest BCUT2D eigenvalue weighted by Crippen LogP contribution is -2.34. The first kappa shape index (κ1) is 12.7. The summed E-state index contributed by atoms with van der Waals surface area (Å²) in [6.07, 6.45) is 0.979. The number of ether oxygens (including phenoxy) is 1. The van der Waals surface area contributed by atoms with Crippen molar-refractivity contribution in [3.63, 3.8) is 0 Å². The molecule has 5 nitrogen and oxygen atoms in total. The molecule has 0 saturated heterocycles. The van der Waals surface area contributed by atoms with Gasteiger partial charge in [0.05, 0.1) is 11.9 Å². The molecule has 0 aromatic carbocycles. The Labute approximate surface area is 99.4 Å². The molecule has 16 heavy (non-hydrogen) atoms. The number of carbonyl (C=O) groups is 1. The third-order valence-electron chi connectivity index (χ3n) is 1.66. The van der Waals surface area contributed by atoms with E-state index in [1.807, 2.05) is 0 Å². The number of halogens is 1. The highest BCUT2D eigenvalue weighted by molar-refractivity contribution is 6.29. The summed E-state index contributed by atoms with van der Waals surface area (Å²) in [4.78, 5) is 13.0. The highest BCUT2D eigenvalue weighted by Crippen LogP contribution is 2.17. The quantitative estimate of drug-likeness (QED) is 0.761. The summed E-state index contributed by atoms with van der Waals surface area (Å²) in [6, 6.07) is 1.54. The van der Waals surface area contributed by atoms with E-state index in [1.54, 1.807) is 33.9 Å². The Morgan fingerprint density at radius 2 is 2.12 bits per heavy atom. The molecule has 0 N–H and O–H groups in total. The van der Waals surface area contributed by atoms with Crippen LogP contribution in [0, 0.1) is 0 Å². The van der Waals surface area contributed by atoms with Gasteiger partial charge < -0.3 is 4.74 Å². The maximum absolute atomic E-state index is 11.7. The van der Waals surface area contributed by atoms with Crippen LogP contribution in [0.2, 0.25) is 5.15 Å². The average molecular weight is 244 g/mol. The lowest BCUT2D eigenvalue weighted by atomic mass is 10.2. The number of hydrogen-bond donors (Lipinski definition) is 0. The van der Waals surface area contributed by atoms with Gasteiger partial charge >= 0.3 is 6.09 Å². The van der Waals surface area contributed by atoms with Crippen molar-refractivity contribution in [3.05, 3.63) is 17.4 Å². The van der Waals surface area contributed by atoms with Crippen LogP contribution in [0.4, 0.5) is 10.5 Å². The average Bonchev–Trinajstić information content (AvgIpc) is 2.14. The van der Waals surface area contributed by atoms with Gasteiger partial charge in [0.15, 0.2) is 5.15 Å². The van der Waals surface area contributed by atoms with Gasteiger partial charge in [0.25, 0.3) is 0 Å². The van der Waals surface area contributed by atoms with Crippen LogP contribution in [0.5, 0.6) is 0 Å². The van der Waals surface area contributed by atoms with Gasteiger partial charge in [0.1, 0.15) is 5.60 Å². The SMILES string of the molecule is CN(C(=O)OC(C)(C)C)c1cnnc(Cl)c1. The van der Waals surface area contributed by atoms with E-state index in [0.29, 0.717) is 5.69 Å². The first-order valence-electron chi connectivity index (χ1n) is 4.74. The normalized spacial score (nSPS) is 11.1. The molecule has 1 aromatic rings. The molecule has 0 saturated carbocycles. The van der Waals surface area contributed by atoms with E-state index in [4.69, 9.17) is 16.3 Å². The van der Waals surface area contributed by atoms with Gasteiger partial charge in [-0.3, -0.25) is 4.90 Å². The summed E-state index contributed by atoms with van der Waals surface area (Å²) in [7, 11) is 1.58. The molecule has 0 spiro atoms. The second-order valence-corrected chi connectivity index (χ2v) is 4.66. The van der Waals surface area contributed by atoms with Crippen molar-refractivity contribution < 1.29 is 9.53 Å². The molecule has 88 valence electrons.